The summed E-state index contributed by atoms with van der Waals surface area (Å²) in [4.78, 5) is 23.4. The van der Waals surface area contributed by atoms with E-state index in [1.54, 1.807) is 18.1 Å². The number of anilines is 2. The Balaban J connectivity index is 1.31. The Hall–Kier alpha value is -3.18. The van der Waals surface area contributed by atoms with E-state index in [4.69, 9.17) is 9.72 Å². The van der Waals surface area contributed by atoms with E-state index in [9.17, 15) is 18.0 Å². The average molecular weight is 548 g/mol. The molecule has 1 aliphatic rings. The van der Waals surface area contributed by atoms with Crippen LogP contribution < -0.4 is 9.80 Å². The second-order valence-electron chi connectivity index (χ2n) is 9.30. The minimum atomic E-state index is -4.38. The van der Waals surface area contributed by atoms with Crippen molar-refractivity contribution >= 4 is 28.3 Å². The number of aryl methyl sites for hydroxylation is 1. The highest BCUT2D eigenvalue weighted by molar-refractivity contribution is 7.09. The van der Waals surface area contributed by atoms with Crippen LogP contribution in [0.15, 0.2) is 48.5 Å². The van der Waals surface area contributed by atoms with Crippen molar-refractivity contribution in [3.8, 4) is 0 Å². The number of aromatic nitrogens is 2. The van der Waals surface area contributed by atoms with Crippen LogP contribution in [0.4, 0.5) is 24.0 Å². The van der Waals surface area contributed by atoms with E-state index in [1.807, 2.05) is 16.7 Å². The topological polar surface area (TPSA) is 61.8 Å². The largest absolute Gasteiger partial charge is 0.416 e. The van der Waals surface area contributed by atoms with Crippen molar-refractivity contribution in [2.24, 2.45) is 0 Å². The first-order valence-electron chi connectivity index (χ1n) is 12.5. The van der Waals surface area contributed by atoms with E-state index >= 15 is 0 Å². The number of alkyl halides is 3. The van der Waals surface area contributed by atoms with Crippen LogP contribution in [0.3, 0.4) is 0 Å². The molecule has 0 N–H and O–H groups in total. The highest BCUT2D eigenvalue weighted by atomic mass is 32.1. The molecule has 0 aliphatic carbocycles. The second-order valence-corrected chi connectivity index (χ2v) is 10.0. The van der Waals surface area contributed by atoms with Gasteiger partial charge in [0.05, 0.1) is 12.2 Å². The van der Waals surface area contributed by atoms with E-state index in [-0.39, 0.29) is 5.91 Å². The molecular weight excluding hydrogens is 515 g/mol. The van der Waals surface area contributed by atoms with Gasteiger partial charge in [-0.2, -0.15) is 17.5 Å². The molecule has 0 bridgehead atoms. The smallest absolute Gasteiger partial charge is 0.383 e. The van der Waals surface area contributed by atoms with Gasteiger partial charge < -0.3 is 19.4 Å². The predicted octanol–water partition coefficient (Wildman–Crippen LogP) is 4.65. The fraction of sp³-hybridized carbons (Fsp3) is 0.444. The molecule has 0 unspecified atom stereocenters. The molecule has 7 nitrogen and oxygen atoms in total. The monoisotopic (exact) mass is 547 g/mol. The molecule has 1 amide bonds. The SMILES string of the molecule is COCCN(CCC(=O)N1CCN(c2cccc(C(F)(F)F)c2)CC1)c1nc(Cc2ccc(C)cc2)ns1. The summed E-state index contributed by atoms with van der Waals surface area (Å²) < 4.78 is 49.0. The van der Waals surface area contributed by atoms with Crippen LogP contribution in [0.5, 0.6) is 0 Å². The van der Waals surface area contributed by atoms with Gasteiger partial charge in [0.1, 0.15) is 5.82 Å². The molecule has 1 aliphatic heterocycles. The molecule has 4 rings (SSSR count). The van der Waals surface area contributed by atoms with E-state index < -0.39 is 11.7 Å². The number of rotatable bonds is 10. The van der Waals surface area contributed by atoms with Gasteiger partial charge in [-0.1, -0.05) is 35.9 Å². The fourth-order valence-electron chi connectivity index (χ4n) is 4.32. The van der Waals surface area contributed by atoms with Crippen molar-refractivity contribution in [3.63, 3.8) is 0 Å². The van der Waals surface area contributed by atoms with Crippen molar-refractivity contribution in [3.05, 3.63) is 71.0 Å². The molecule has 0 spiro atoms. The van der Waals surface area contributed by atoms with E-state index in [0.29, 0.717) is 64.4 Å². The number of carbonyl (C=O) groups excluding carboxylic acids is 1. The quantitative estimate of drug-likeness (QED) is 0.368. The third-order valence-corrected chi connectivity index (χ3v) is 7.36. The maximum Gasteiger partial charge on any atom is 0.416 e. The van der Waals surface area contributed by atoms with Crippen LogP contribution in [0.25, 0.3) is 0 Å². The van der Waals surface area contributed by atoms with Crippen molar-refractivity contribution in [2.45, 2.75) is 25.9 Å². The number of nitrogens with zero attached hydrogens (tertiary/aromatic N) is 5. The molecule has 1 saturated heterocycles. The molecule has 11 heteroatoms. The number of amides is 1. The molecule has 2 aromatic carbocycles. The van der Waals surface area contributed by atoms with E-state index in [0.717, 1.165) is 22.6 Å². The summed E-state index contributed by atoms with van der Waals surface area (Å²) in [5.41, 5.74) is 2.20. The first kappa shape index (κ1) is 27.8. The average Bonchev–Trinajstić information content (AvgIpc) is 3.38. The number of hydrogen-bond acceptors (Lipinski definition) is 7. The van der Waals surface area contributed by atoms with Crippen LogP contribution in [0.1, 0.15) is 28.9 Å². The van der Waals surface area contributed by atoms with Gasteiger partial charge in [0.25, 0.3) is 0 Å². The van der Waals surface area contributed by atoms with Gasteiger partial charge in [-0.3, -0.25) is 4.79 Å². The Morgan fingerprint density at radius 3 is 2.50 bits per heavy atom. The molecular formula is C27H32F3N5O2S. The number of halogens is 3. The third kappa shape index (κ3) is 7.44. The molecule has 1 aromatic heterocycles. The number of benzene rings is 2. The molecule has 3 aromatic rings. The lowest BCUT2D eigenvalue weighted by Gasteiger charge is -2.36. The Morgan fingerprint density at radius 2 is 1.82 bits per heavy atom. The van der Waals surface area contributed by atoms with Crippen molar-refractivity contribution in [1.82, 2.24) is 14.3 Å². The Kier molecular flexibility index (Phi) is 9.22. The Bertz CT molecular complexity index is 1190. The number of hydrogen-bond donors (Lipinski definition) is 0. The lowest BCUT2D eigenvalue weighted by atomic mass is 10.1. The zero-order chi connectivity index (χ0) is 27.1. The van der Waals surface area contributed by atoms with Crippen molar-refractivity contribution in [1.29, 1.82) is 0 Å². The molecule has 2 heterocycles. The van der Waals surface area contributed by atoms with Gasteiger partial charge in [0.2, 0.25) is 11.0 Å². The van der Waals surface area contributed by atoms with Gasteiger partial charge in [0.15, 0.2) is 0 Å². The van der Waals surface area contributed by atoms with Crippen LogP contribution in [0.2, 0.25) is 0 Å². The summed E-state index contributed by atoms with van der Waals surface area (Å²) in [6.45, 7) is 5.52. The fourth-order valence-corrected chi connectivity index (χ4v) is 5.06. The Labute approximate surface area is 225 Å². The van der Waals surface area contributed by atoms with Crippen LogP contribution in [0, 0.1) is 6.92 Å². The zero-order valence-corrected chi connectivity index (χ0v) is 22.4. The molecule has 0 radical (unpaired) electrons. The summed E-state index contributed by atoms with van der Waals surface area (Å²) in [6.07, 6.45) is -3.43. The lowest BCUT2D eigenvalue weighted by molar-refractivity contribution is -0.137. The maximum atomic E-state index is 13.1. The minimum absolute atomic E-state index is 0.0144. The third-order valence-electron chi connectivity index (χ3n) is 6.54. The van der Waals surface area contributed by atoms with Crippen LogP contribution >= 0.6 is 11.5 Å². The number of carbonyl (C=O) groups is 1. The molecule has 0 saturated carbocycles. The predicted molar refractivity (Wildman–Crippen MR) is 143 cm³/mol. The Morgan fingerprint density at radius 1 is 1.08 bits per heavy atom. The first-order chi connectivity index (χ1) is 18.2. The normalized spacial score (nSPS) is 14.1. The van der Waals surface area contributed by atoms with Crippen LogP contribution in [-0.2, 0) is 22.1 Å². The number of ether oxygens (including phenoxy) is 1. The van der Waals surface area contributed by atoms with Gasteiger partial charge in [-0.15, -0.1) is 0 Å². The molecule has 1 fully saturated rings. The maximum absolute atomic E-state index is 13.1. The summed E-state index contributed by atoms with van der Waals surface area (Å²) in [7, 11) is 1.64. The summed E-state index contributed by atoms with van der Waals surface area (Å²) in [6, 6.07) is 13.6. The number of piperazine rings is 1. The van der Waals surface area contributed by atoms with Gasteiger partial charge in [-0.05, 0) is 30.7 Å². The summed E-state index contributed by atoms with van der Waals surface area (Å²) in [5.74, 6) is 0.758. The second kappa shape index (κ2) is 12.6. The molecule has 38 heavy (non-hydrogen) atoms. The number of methoxy groups -OCH3 is 1. The van der Waals surface area contributed by atoms with Crippen molar-refractivity contribution < 1.29 is 22.7 Å². The highest BCUT2D eigenvalue weighted by Crippen LogP contribution is 2.32. The summed E-state index contributed by atoms with van der Waals surface area (Å²) in [5, 5.41) is 0.756. The van der Waals surface area contributed by atoms with E-state index in [1.165, 1.54) is 29.2 Å². The van der Waals surface area contributed by atoms with Crippen molar-refractivity contribution in [2.75, 3.05) is 62.8 Å². The first-order valence-corrected chi connectivity index (χ1v) is 13.3. The highest BCUT2D eigenvalue weighted by Gasteiger charge is 2.31. The lowest BCUT2D eigenvalue weighted by Crippen LogP contribution is -2.49. The minimum Gasteiger partial charge on any atom is -0.383 e. The van der Waals surface area contributed by atoms with Gasteiger partial charge >= 0.3 is 6.18 Å². The zero-order valence-electron chi connectivity index (χ0n) is 21.6. The standard InChI is InChI=1S/C27H32F3N5O2S/c1-20-6-8-21(9-7-20)18-24-31-26(38-32-24)35(16-17-37-2)11-10-25(36)34-14-12-33(13-15-34)23-5-3-4-22(19-23)27(28,29)30/h3-9,19H,10-18H2,1-2H3. The molecule has 0 atom stereocenters. The van der Waals surface area contributed by atoms with E-state index in [2.05, 4.69) is 28.6 Å². The van der Waals surface area contributed by atoms with Gasteiger partial charge in [-0.25, -0.2) is 4.98 Å². The van der Waals surface area contributed by atoms with Crippen LogP contribution in [-0.4, -0.2) is 73.1 Å². The summed E-state index contributed by atoms with van der Waals surface area (Å²) >= 11 is 1.32. The molecule has 204 valence electrons. The van der Waals surface area contributed by atoms with Gasteiger partial charge in [0, 0.05) is 76.4 Å².